The van der Waals surface area contributed by atoms with Crippen LogP contribution >= 0.6 is 0 Å². The summed E-state index contributed by atoms with van der Waals surface area (Å²) in [7, 11) is -3.23. The van der Waals surface area contributed by atoms with E-state index in [4.69, 9.17) is 0 Å². The first-order valence-corrected chi connectivity index (χ1v) is 9.67. The molecule has 126 valence electrons. The molecular formula is C15H22N4O3S. The number of rotatable bonds is 4. The zero-order valence-corrected chi connectivity index (χ0v) is 14.1. The fourth-order valence-corrected chi connectivity index (χ4v) is 5.31. The summed E-state index contributed by atoms with van der Waals surface area (Å²) in [5, 5.41) is 0. The summed E-state index contributed by atoms with van der Waals surface area (Å²) in [5.41, 5.74) is 0.316. The van der Waals surface area contributed by atoms with E-state index in [9.17, 15) is 13.2 Å². The molecule has 3 aliphatic rings. The molecule has 3 saturated heterocycles. The van der Waals surface area contributed by atoms with Crippen LogP contribution < -0.4 is 0 Å². The summed E-state index contributed by atoms with van der Waals surface area (Å²) < 4.78 is 26.6. The lowest BCUT2D eigenvalue weighted by atomic mass is 9.97. The number of nitrogens with zero attached hydrogens (tertiary/aromatic N) is 4. The zero-order valence-electron chi connectivity index (χ0n) is 13.3. The Balaban J connectivity index is 1.80. The zero-order chi connectivity index (χ0) is 16.4. The second-order valence-electron chi connectivity index (χ2n) is 6.28. The Kier molecular flexibility index (Phi) is 4.63. The monoisotopic (exact) mass is 338 g/mol. The third-order valence-corrected chi connectivity index (χ3v) is 6.64. The Morgan fingerprint density at radius 1 is 1.26 bits per heavy atom. The first kappa shape index (κ1) is 16.3. The van der Waals surface area contributed by atoms with Crippen LogP contribution in [0.4, 0.5) is 0 Å². The third-order valence-electron chi connectivity index (χ3n) is 4.55. The maximum absolute atomic E-state index is 12.6. The molecule has 1 amide bonds. The Bertz CT molecular complexity index is 665. The average Bonchev–Trinajstić information content (AvgIpc) is 2.87. The van der Waals surface area contributed by atoms with E-state index in [1.54, 1.807) is 9.21 Å². The van der Waals surface area contributed by atoms with Gasteiger partial charge in [-0.2, -0.15) is 4.31 Å². The van der Waals surface area contributed by atoms with Crippen LogP contribution in [0.25, 0.3) is 0 Å². The minimum Gasteiger partial charge on any atom is -0.335 e. The molecule has 1 aromatic heterocycles. The highest BCUT2D eigenvalue weighted by Crippen LogP contribution is 2.30. The van der Waals surface area contributed by atoms with Gasteiger partial charge in [-0.25, -0.2) is 13.4 Å². The number of hydrogen-bond donors (Lipinski definition) is 0. The van der Waals surface area contributed by atoms with Gasteiger partial charge in [-0.3, -0.25) is 9.78 Å². The highest BCUT2D eigenvalue weighted by molar-refractivity contribution is 7.89. The van der Waals surface area contributed by atoms with Gasteiger partial charge in [-0.05, 0) is 25.2 Å². The van der Waals surface area contributed by atoms with Gasteiger partial charge in [0.05, 0.1) is 11.9 Å². The van der Waals surface area contributed by atoms with E-state index in [2.05, 4.69) is 9.97 Å². The molecule has 23 heavy (non-hydrogen) atoms. The molecule has 1 aromatic rings. The van der Waals surface area contributed by atoms with Gasteiger partial charge in [0, 0.05) is 38.1 Å². The lowest BCUT2D eigenvalue weighted by Gasteiger charge is -2.34. The van der Waals surface area contributed by atoms with Crippen LogP contribution in [0, 0.1) is 5.92 Å². The topological polar surface area (TPSA) is 83.5 Å². The van der Waals surface area contributed by atoms with Crippen molar-refractivity contribution >= 4 is 15.9 Å². The molecule has 0 unspecified atom stereocenters. The van der Waals surface area contributed by atoms with Crippen molar-refractivity contribution in [2.45, 2.75) is 32.2 Å². The normalized spacial score (nSPS) is 25.3. The Labute approximate surface area is 136 Å². The molecule has 8 heteroatoms. The van der Waals surface area contributed by atoms with Crippen LogP contribution in [0.5, 0.6) is 0 Å². The van der Waals surface area contributed by atoms with E-state index in [0.717, 1.165) is 12.8 Å². The van der Waals surface area contributed by atoms with E-state index < -0.39 is 10.0 Å². The van der Waals surface area contributed by atoms with Crippen molar-refractivity contribution in [3.05, 3.63) is 24.3 Å². The van der Waals surface area contributed by atoms with Crippen LogP contribution in [0.3, 0.4) is 0 Å². The summed E-state index contributed by atoms with van der Waals surface area (Å²) in [6.07, 6.45) is 6.88. The molecule has 0 aromatic carbocycles. The Morgan fingerprint density at radius 3 is 2.78 bits per heavy atom. The largest absolute Gasteiger partial charge is 0.335 e. The fourth-order valence-electron chi connectivity index (χ4n) is 3.49. The number of hydrogen-bond acceptors (Lipinski definition) is 5. The molecule has 4 heterocycles. The molecule has 4 rings (SSSR count). The van der Waals surface area contributed by atoms with Gasteiger partial charge in [0.15, 0.2) is 0 Å². The number of carbonyl (C=O) groups excluding carboxylic acids is 1. The van der Waals surface area contributed by atoms with Crippen molar-refractivity contribution in [2.24, 2.45) is 5.92 Å². The SMILES string of the molecule is CCCS(=O)(=O)N1C[C@H]2CC[C@@H]1CN(C(=O)c1cnccn1)C2. The van der Waals surface area contributed by atoms with Crippen LogP contribution in [0.2, 0.25) is 0 Å². The molecule has 0 spiro atoms. The van der Waals surface area contributed by atoms with Crippen LogP contribution in [0.1, 0.15) is 36.7 Å². The summed E-state index contributed by atoms with van der Waals surface area (Å²) in [4.78, 5) is 22.4. The van der Waals surface area contributed by atoms with E-state index in [0.29, 0.717) is 31.7 Å². The van der Waals surface area contributed by atoms with E-state index >= 15 is 0 Å². The molecule has 0 N–H and O–H groups in total. The lowest BCUT2D eigenvalue weighted by molar-refractivity contribution is 0.0739. The fraction of sp³-hybridized carbons (Fsp3) is 0.667. The molecule has 2 atom stereocenters. The molecule has 0 saturated carbocycles. The van der Waals surface area contributed by atoms with Crippen LogP contribution in [-0.2, 0) is 10.0 Å². The second kappa shape index (κ2) is 6.52. The second-order valence-corrected chi connectivity index (χ2v) is 8.32. The third kappa shape index (κ3) is 3.37. The summed E-state index contributed by atoms with van der Waals surface area (Å²) in [6.45, 7) is 3.42. The van der Waals surface area contributed by atoms with Gasteiger partial charge in [0.25, 0.3) is 5.91 Å². The number of piperidine rings is 1. The lowest BCUT2D eigenvalue weighted by Crippen LogP contribution is -2.48. The molecule has 0 aliphatic carbocycles. The van der Waals surface area contributed by atoms with Crippen molar-refractivity contribution < 1.29 is 13.2 Å². The minimum absolute atomic E-state index is 0.120. The quantitative estimate of drug-likeness (QED) is 0.809. The van der Waals surface area contributed by atoms with Gasteiger partial charge in [-0.15, -0.1) is 0 Å². The van der Waals surface area contributed by atoms with Crippen molar-refractivity contribution in [3.63, 3.8) is 0 Å². The summed E-state index contributed by atoms with van der Waals surface area (Å²) in [6, 6.07) is -0.120. The average molecular weight is 338 g/mol. The van der Waals surface area contributed by atoms with Gasteiger partial charge in [0.2, 0.25) is 10.0 Å². The van der Waals surface area contributed by atoms with Crippen molar-refractivity contribution in [1.82, 2.24) is 19.2 Å². The first-order valence-electron chi connectivity index (χ1n) is 8.06. The number of amides is 1. The number of carbonyl (C=O) groups is 1. The smallest absolute Gasteiger partial charge is 0.274 e. The van der Waals surface area contributed by atoms with Gasteiger partial charge < -0.3 is 4.90 Å². The summed E-state index contributed by atoms with van der Waals surface area (Å²) >= 11 is 0. The summed E-state index contributed by atoms with van der Waals surface area (Å²) in [5.74, 6) is 0.208. The predicted molar refractivity (Wildman–Crippen MR) is 85.2 cm³/mol. The maximum Gasteiger partial charge on any atom is 0.274 e. The predicted octanol–water partition coefficient (Wildman–Crippen LogP) is 0.753. The van der Waals surface area contributed by atoms with Crippen LogP contribution in [0.15, 0.2) is 18.6 Å². The van der Waals surface area contributed by atoms with Crippen molar-refractivity contribution in [1.29, 1.82) is 0 Å². The van der Waals surface area contributed by atoms with Gasteiger partial charge in [0.1, 0.15) is 5.69 Å². The van der Waals surface area contributed by atoms with Crippen molar-refractivity contribution in [3.8, 4) is 0 Å². The Hall–Kier alpha value is -1.54. The first-order chi connectivity index (χ1) is 11.0. The Morgan fingerprint density at radius 2 is 2.09 bits per heavy atom. The molecule has 2 bridgehead atoms. The molecular weight excluding hydrogens is 316 g/mol. The van der Waals surface area contributed by atoms with Crippen molar-refractivity contribution in [2.75, 3.05) is 25.4 Å². The molecule has 3 fully saturated rings. The molecule has 0 radical (unpaired) electrons. The van der Waals surface area contributed by atoms with E-state index in [1.807, 2.05) is 6.92 Å². The number of fused-ring (bicyclic) bond motifs is 4. The highest BCUT2D eigenvalue weighted by Gasteiger charge is 2.41. The highest BCUT2D eigenvalue weighted by atomic mass is 32.2. The van der Waals surface area contributed by atoms with E-state index in [-0.39, 0.29) is 23.6 Å². The molecule has 7 nitrogen and oxygen atoms in total. The maximum atomic E-state index is 12.6. The van der Waals surface area contributed by atoms with E-state index in [1.165, 1.54) is 18.6 Å². The number of aromatic nitrogens is 2. The van der Waals surface area contributed by atoms with Crippen LogP contribution in [-0.4, -0.2) is 64.9 Å². The molecule has 3 aliphatic heterocycles. The standard InChI is InChI=1S/C15H22N4O3S/c1-2-7-23(21,22)19-10-12-3-4-13(19)11-18(9-12)15(20)14-8-16-5-6-17-14/h5-6,8,12-13H,2-4,7,9-11H2,1H3/t12-,13+/m0/s1. The van der Waals surface area contributed by atoms with Gasteiger partial charge >= 0.3 is 0 Å². The number of sulfonamides is 1. The van der Waals surface area contributed by atoms with Gasteiger partial charge in [-0.1, -0.05) is 6.92 Å². The minimum atomic E-state index is -3.23.